The van der Waals surface area contributed by atoms with Crippen molar-refractivity contribution in [1.82, 2.24) is 4.90 Å². The first-order chi connectivity index (χ1) is 5.97. The third kappa shape index (κ3) is 1.54. The van der Waals surface area contributed by atoms with Gasteiger partial charge in [0.25, 0.3) is 0 Å². The van der Waals surface area contributed by atoms with Crippen LogP contribution in [0.15, 0.2) is 0 Å². The summed E-state index contributed by atoms with van der Waals surface area (Å²) in [5.74, 6) is -0.390. The van der Waals surface area contributed by atoms with Gasteiger partial charge in [0.15, 0.2) is 0 Å². The van der Waals surface area contributed by atoms with E-state index in [-0.39, 0.29) is 17.9 Å². The van der Waals surface area contributed by atoms with Crippen LogP contribution in [0.4, 0.5) is 12.9 Å². The molecule has 1 amide bonds. The van der Waals surface area contributed by atoms with E-state index in [2.05, 4.69) is 0 Å². The number of halogens is 3. The van der Waals surface area contributed by atoms with Crippen molar-refractivity contribution >= 4 is 12.9 Å². The normalized spacial score (nSPS) is 33.2. The maximum Gasteiger partial charge on any atom is 0.497 e. The number of hydrogen-bond acceptors (Lipinski definition) is 1. The molecule has 1 aliphatic heterocycles. The van der Waals surface area contributed by atoms with Crippen LogP contribution >= 0.6 is 0 Å². The molecule has 2 rings (SSSR count). The lowest BCUT2D eigenvalue weighted by Gasteiger charge is -2.31. The lowest BCUT2D eigenvalue weighted by Crippen LogP contribution is -2.45. The molecule has 6 heteroatoms. The standard InChI is InChI=1S/C7H10BF3NO/c9-8(10,11)4-12-6-2-1-5(3-6)7(12)13/h5-6H,1-4H2/q-1. The summed E-state index contributed by atoms with van der Waals surface area (Å²) in [4.78, 5) is 12.3. The number of likely N-dealkylation sites (tertiary alicyclic amines) is 1. The number of hydrogen-bond donors (Lipinski definition) is 0. The first kappa shape index (κ1) is 8.90. The topological polar surface area (TPSA) is 20.3 Å². The fraction of sp³-hybridized carbons (Fsp3) is 0.857. The molecule has 0 aromatic heterocycles. The highest BCUT2D eigenvalue weighted by atomic mass is 19.4. The van der Waals surface area contributed by atoms with Crippen molar-refractivity contribution in [3.8, 4) is 0 Å². The van der Waals surface area contributed by atoms with Crippen molar-refractivity contribution in [1.29, 1.82) is 0 Å². The van der Waals surface area contributed by atoms with Gasteiger partial charge in [-0.1, -0.05) is 0 Å². The molecular formula is C7H10BF3NO-. The molecule has 74 valence electrons. The molecule has 2 bridgehead atoms. The summed E-state index contributed by atoms with van der Waals surface area (Å²) in [5.41, 5.74) is 0. The van der Waals surface area contributed by atoms with Gasteiger partial charge in [-0.3, -0.25) is 4.79 Å². The number of carbonyl (C=O) groups excluding carboxylic acids is 1. The van der Waals surface area contributed by atoms with Gasteiger partial charge in [-0.05, 0) is 25.7 Å². The molecule has 2 atom stereocenters. The summed E-state index contributed by atoms with van der Waals surface area (Å²) in [6, 6.07) is -0.124. The number of nitrogens with zero attached hydrogens (tertiary/aromatic N) is 1. The van der Waals surface area contributed by atoms with Gasteiger partial charge in [0.05, 0.1) is 0 Å². The van der Waals surface area contributed by atoms with E-state index in [0.29, 0.717) is 6.42 Å². The van der Waals surface area contributed by atoms with Crippen molar-refractivity contribution in [2.75, 3.05) is 6.44 Å². The minimum absolute atomic E-state index is 0.108. The molecule has 1 aliphatic carbocycles. The van der Waals surface area contributed by atoms with Gasteiger partial charge in [0.1, 0.15) is 0 Å². The molecule has 1 saturated carbocycles. The minimum Gasteiger partial charge on any atom is -0.448 e. The van der Waals surface area contributed by atoms with E-state index in [9.17, 15) is 17.7 Å². The summed E-state index contributed by atoms with van der Waals surface area (Å²) in [5, 5.41) is 0. The Labute approximate surface area is 74.1 Å². The average molecular weight is 192 g/mol. The Morgan fingerprint density at radius 1 is 1.38 bits per heavy atom. The van der Waals surface area contributed by atoms with Crippen LogP contribution in [0.25, 0.3) is 0 Å². The second kappa shape index (κ2) is 2.65. The third-order valence-corrected chi connectivity index (χ3v) is 2.88. The summed E-state index contributed by atoms with van der Waals surface area (Å²) in [6.45, 7) is -4.86. The fourth-order valence-electron chi connectivity index (χ4n) is 2.34. The van der Waals surface area contributed by atoms with E-state index in [0.717, 1.165) is 17.7 Å². The summed E-state index contributed by atoms with van der Waals surface area (Å²) in [7, 11) is 0. The van der Waals surface area contributed by atoms with Crippen LogP contribution in [0.1, 0.15) is 19.3 Å². The molecular weight excluding hydrogens is 182 g/mol. The zero-order valence-electron chi connectivity index (χ0n) is 7.05. The molecule has 1 saturated heterocycles. The van der Waals surface area contributed by atoms with Gasteiger partial charge in [0.2, 0.25) is 5.91 Å². The third-order valence-electron chi connectivity index (χ3n) is 2.88. The molecule has 0 N–H and O–H groups in total. The predicted octanol–water partition coefficient (Wildman–Crippen LogP) is 1.38. The first-order valence-electron chi connectivity index (χ1n) is 4.49. The van der Waals surface area contributed by atoms with E-state index in [1.807, 2.05) is 0 Å². The van der Waals surface area contributed by atoms with E-state index in [1.165, 1.54) is 0 Å². The van der Waals surface area contributed by atoms with Crippen LogP contribution in [0, 0.1) is 5.92 Å². The van der Waals surface area contributed by atoms with E-state index in [4.69, 9.17) is 0 Å². The van der Waals surface area contributed by atoms with E-state index < -0.39 is 13.4 Å². The van der Waals surface area contributed by atoms with Crippen LogP contribution in [-0.2, 0) is 4.79 Å². The SMILES string of the molecule is O=C1C2CCC(C2)N1C[B-](F)(F)F. The molecule has 0 spiro atoms. The zero-order valence-corrected chi connectivity index (χ0v) is 7.05. The van der Waals surface area contributed by atoms with Gasteiger partial charge in [-0.25, -0.2) is 0 Å². The van der Waals surface area contributed by atoms with Crippen LogP contribution in [0.3, 0.4) is 0 Å². The van der Waals surface area contributed by atoms with Crippen LogP contribution in [0.2, 0.25) is 0 Å². The Kier molecular flexibility index (Phi) is 1.82. The van der Waals surface area contributed by atoms with Crippen molar-refractivity contribution < 1.29 is 17.7 Å². The number of fused-ring (bicyclic) bond motifs is 2. The molecule has 2 unspecified atom stereocenters. The Morgan fingerprint density at radius 3 is 2.54 bits per heavy atom. The zero-order chi connectivity index (χ0) is 9.64. The number of piperidine rings is 1. The fourth-order valence-corrected chi connectivity index (χ4v) is 2.34. The van der Waals surface area contributed by atoms with E-state index in [1.54, 1.807) is 0 Å². The van der Waals surface area contributed by atoms with Gasteiger partial charge in [0, 0.05) is 12.0 Å². The van der Waals surface area contributed by atoms with Gasteiger partial charge in [-0.2, -0.15) is 0 Å². The molecule has 13 heavy (non-hydrogen) atoms. The first-order valence-corrected chi connectivity index (χ1v) is 4.49. The highest BCUT2D eigenvalue weighted by Gasteiger charge is 2.46. The number of carbonyl (C=O) groups is 1. The van der Waals surface area contributed by atoms with E-state index >= 15 is 0 Å². The van der Waals surface area contributed by atoms with Crippen molar-refractivity contribution in [3.63, 3.8) is 0 Å². The highest BCUT2D eigenvalue weighted by Crippen LogP contribution is 2.39. The van der Waals surface area contributed by atoms with Crippen LogP contribution in [0.5, 0.6) is 0 Å². The molecule has 0 radical (unpaired) electrons. The minimum atomic E-state index is -4.86. The molecule has 2 fully saturated rings. The Balaban J connectivity index is 2.05. The van der Waals surface area contributed by atoms with Gasteiger partial charge in [-0.15, -0.1) is 0 Å². The highest BCUT2D eigenvalue weighted by molar-refractivity contribution is 6.58. The smallest absolute Gasteiger partial charge is 0.448 e. The van der Waals surface area contributed by atoms with Gasteiger partial charge >= 0.3 is 6.98 Å². The van der Waals surface area contributed by atoms with Gasteiger partial charge < -0.3 is 17.8 Å². The second-order valence-corrected chi connectivity index (χ2v) is 3.86. The molecule has 2 aliphatic rings. The maximum absolute atomic E-state index is 12.1. The van der Waals surface area contributed by atoms with Crippen molar-refractivity contribution in [2.45, 2.75) is 25.3 Å². The Morgan fingerprint density at radius 2 is 2.08 bits per heavy atom. The monoisotopic (exact) mass is 192 g/mol. The average Bonchev–Trinajstić information content (AvgIpc) is 2.51. The predicted molar refractivity (Wildman–Crippen MR) is 41.9 cm³/mol. The van der Waals surface area contributed by atoms with Crippen molar-refractivity contribution in [3.05, 3.63) is 0 Å². The summed E-state index contributed by atoms with van der Waals surface area (Å²) in [6.07, 6.45) is 1.18. The summed E-state index contributed by atoms with van der Waals surface area (Å²) < 4.78 is 36.2. The molecule has 0 aromatic rings. The number of amides is 1. The second-order valence-electron chi connectivity index (χ2n) is 3.86. The molecule has 1 heterocycles. The van der Waals surface area contributed by atoms with Crippen molar-refractivity contribution in [2.24, 2.45) is 5.92 Å². The molecule has 2 nitrogen and oxygen atoms in total. The molecule has 0 aromatic carbocycles. The largest absolute Gasteiger partial charge is 0.497 e. The van der Waals surface area contributed by atoms with Crippen LogP contribution in [-0.4, -0.2) is 30.3 Å². The van der Waals surface area contributed by atoms with Crippen LogP contribution < -0.4 is 0 Å². The maximum atomic E-state index is 12.1. The lowest BCUT2D eigenvalue weighted by atomic mass is 9.90. The quantitative estimate of drug-likeness (QED) is 0.605. The summed E-state index contributed by atoms with van der Waals surface area (Å²) >= 11 is 0. The Hall–Kier alpha value is -0.675. The number of rotatable bonds is 2. The lowest BCUT2D eigenvalue weighted by molar-refractivity contribution is -0.133. The Bertz CT molecular complexity index is 242.